The average Bonchev–Trinajstić information content (AvgIpc) is 2.88. The maximum absolute atomic E-state index is 11.2. The molecule has 0 spiro atoms. The van der Waals surface area contributed by atoms with Gasteiger partial charge in [0.15, 0.2) is 0 Å². The average molecular weight is 282 g/mol. The molecule has 0 aromatic heterocycles. The summed E-state index contributed by atoms with van der Waals surface area (Å²) in [5.74, 6) is 2.30. The molecule has 1 aromatic rings. The van der Waals surface area contributed by atoms with Crippen molar-refractivity contribution in [2.75, 3.05) is 11.5 Å². The van der Waals surface area contributed by atoms with Gasteiger partial charge in [-0.1, -0.05) is 0 Å². The van der Waals surface area contributed by atoms with Gasteiger partial charge in [-0.25, -0.2) is 0 Å². The van der Waals surface area contributed by atoms with Crippen LogP contribution in [0, 0.1) is 6.92 Å². The Morgan fingerprint density at radius 2 is 1.89 bits per heavy atom. The first-order valence-electron chi connectivity index (χ1n) is 5.57. The van der Waals surface area contributed by atoms with Gasteiger partial charge in [-0.2, -0.15) is 0 Å². The second kappa shape index (κ2) is 5.71. The number of thioether (sulfide) groups is 2. The van der Waals surface area contributed by atoms with Crippen LogP contribution in [0.5, 0.6) is 11.5 Å². The number of hydrogen-bond acceptors (Lipinski definition) is 5. The molecule has 0 aliphatic carbocycles. The normalized spacial score (nSPS) is 14.8. The number of carbonyl (C=O) groups is 1. The number of benzene rings is 1. The van der Waals surface area contributed by atoms with Crippen LogP contribution in [0.3, 0.4) is 0 Å². The van der Waals surface area contributed by atoms with Gasteiger partial charge in [0.2, 0.25) is 0 Å². The van der Waals surface area contributed by atoms with Gasteiger partial charge in [0.25, 0.3) is 0 Å². The third-order valence-electron chi connectivity index (χ3n) is 2.87. The molecular formula is C13H14O3S2. The minimum absolute atomic E-state index is 0.123. The lowest BCUT2D eigenvalue weighted by molar-refractivity contribution is -0.105. The van der Waals surface area contributed by atoms with Crippen LogP contribution in [-0.2, 0) is 11.2 Å². The number of phenolic OH excluding ortho intramolecular Hbond substituents is 2. The molecule has 0 amide bonds. The summed E-state index contributed by atoms with van der Waals surface area (Å²) in [5.41, 5.74) is 1.94. The van der Waals surface area contributed by atoms with Gasteiger partial charge in [-0.3, -0.25) is 4.79 Å². The van der Waals surface area contributed by atoms with Crippen molar-refractivity contribution < 1.29 is 15.0 Å². The van der Waals surface area contributed by atoms with E-state index in [2.05, 4.69) is 0 Å². The van der Waals surface area contributed by atoms with E-state index in [-0.39, 0.29) is 11.5 Å². The quantitative estimate of drug-likeness (QED) is 0.507. The zero-order chi connectivity index (χ0) is 13.1. The highest BCUT2D eigenvalue weighted by molar-refractivity contribution is 8.25. The monoisotopic (exact) mass is 282 g/mol. The van der Waals surface area contributed by atoms with Crippen LogP contribution in [0.15, 0.2) is 21.9 Å². The standard InChI is InChI=1S/C13H14O3S2/c1-8-10(12(16)3-2-11(8)15)6-9(7-14)13-17-4-5-18-13/h2-3,7,15-16H,4-6H2,1H3. The van der Waals surface area contributed by atoms with Gasteiger partial charge in [0.1, 0.15) is 17.8 Å². The number of aromatic hydroxyl groups is 2. The summed E-state index contributed by atoms with van der Waals surface area (Å²) in [4.78, 5) is 11.2. The van der Waals surface area contributed by atoms with Crippen LogP contribution in [0.1, 0.15) is 11.1 Å². The Labute approximate surface area is 114 Å². The fraction of sp³-hybridized carbons (Fsp3) is 0.308. The van der Waals surface area contributed by atoms with Crippen LogP contribution in [0.25, 0.3) is 0 Å². The van der Waals surface area contributed by atoms with Crippen LogP contribution in [0.4, 0.5) is 0 Å². The molecule has 2 rings (SSSR count). The minimum atomic E-state index is 0.123. The number of carbonyl (C=O) groups excluding carboxylic acids is 1. The van der Waals surface area contributed by atoms with Gasteiger partial charge in [-0.15, -0.1) is 23.5 Å². The molecule has 5 heteroatoms. The third-order valence-corrected chi connectivity index (χ3v) is 5.70. The summed E-state index contributed by atoms with van der Waals surface area (Å²) >= 11 is 3.35. The van der Waals surface area contributed by atoms with Crippen molar-refractivity contribution in [1.29, 1.82) is 0 Å². The zero-order valence-corrected chi connectivity index (χ0v) is 11.6. The Bertz CT molecular complexity index is 501. The lowest BCUT2D eigenvalue weighted by atomic mass is 10.00. The van der Waals surface area contributed by atoms with Crippen molar-refractivity contribution in [2.24, 2.45) is 0 Å². The van der Waals surface area contributed by atoms with Gasteiger partial charge >= 0.3 is 0 Å². The first-order valence-corrected chi connectivity index (χ1v) is 7.55. The fourth-order valence-electron chi connectivity index (χ4n) is 1.80. The number of hydrogen-bond donors (Lipinski definition) is 2. The van der Waals surface area contributed by atoms with E-state index < -0.39 is 0 Å². The Morgan fingerprint density at radius 3 is 2.50 bits per heavy atom. The molecule has 1 aliphatic heterocycles. The topological polar surface area (TPSA) is 57.5 Å². The molecule has 0 atom stereocenters. The molecule has 0 unspecified atom stereocenters. The highest BCUT2D eigenvalue weighted by Gasteiger charge is 2.17. The van der Waals surface area contributed by atoms with E-state index in [9.17, 15) is 15.0 Å². The van der Waals surface area contributed by atoms with E-state index in [1.165, 1.54) is 12.1 Å². The second-order valence-corrected chi connectivity index (χ2v) is 6.48. The van der Waals surface area contributed by atoms with Crippen molar-refractivity contribution in [3.05, 3.63) is 33.1 Å². The summed E-state index contributed by atoms with van der Waals surface area (Å²) in [7, 11) is 0. The molecule has 2 N–H and O–H groups in total. The predicted molar refractivity (Wildman–Crippen MR) is 76.2 cm³/mol. The van der Waals surface area contributed by atoms with Gasteiger partial charge < -0.3 is 10.2 Å². The summed E-state index contributed by atoms with van der Waals surface area (Å²) in [6.45, 7) is 1.74. The van der Waals surface area contributed by atoms with E-state index in [0.717, 1.165) is 22.0 Å². The summed E-state index contributed by atoms with van der Waals surface area (Å²) < 4.78 is 1.03. The molecule has 1 aliphatic rings. The summed E-state index contributed by atoms with van der Waals surface area (Å²) in [6.07, 6.45) is 1.22. The van der Waals surface area contributed by atoms with Gasteiger partial charge in [-0.05, 0) is 24.6 Å². The number of aldehydes is 1. The molecule has 1 saturated heterocycles. The number of rotatable bonds is 3. The highest BCUT2D eigenvalue weighted by atomic mass is 32.2. The summed E-state index contributed by atoms with van der Waals surface area (Å²) in [5, 5.41) is 19.5. The Morgan fingerprint density at radius 1 is 1.28 bits per heavy atom. The lowest BCUT2D eigenvalue weighted by Crippen LogP contribution is -1.97. The molecule has 1 fully saturated rings. The molecule has 18 heavy (non-hydrogen) atoms. The smallest absolute Gasteiger partial charge is 0.148 e. The van der Waals surface area contributed by atoms with Crippen LogP contribution in [-0.4, -0.2) is 28.0 Å². The molecule has 0 bridgehead atoms. The first kappa shape index (κ1) is 13.4. The van der Waals surface area contributed by atoms with E-state index in [1.54, 1.807) is 30.4 Å². The SMILES string of the molecule is Cc1c(O)ccc(O)c1CC(C=O)=C1SCCS1. The van der Waals surface area contributed by atoms with Crippen LogP contribution >= 0.6 is 23.5 Å². The first-order chi connectivity index (χ1) is 8.63. The third kappa shape index (κ3) is 2.67. The predicted octanol–water partition coefficient (Wildman–Crippen LogP) is 2.84. The van der Waals surface area contributed by atoms with Crippen molar-refractivity contribution in [3.63, 3.8) is 0 Å². The number of allylic oxidation sites excluding steroid dienone is 1. The molecule has 96 valence electrons. The number of phenols is 2. The fourth-order valence-corrected chi connectivity index (χ4v) is 4.28. The molecule has 0 saturated carbocycles. The van der Waals surface area contributed by atoms with Crippen molar-refractivity contribution in [1.82, 2.24) is 0 Å². The van der Waals surface area contributed by atoms with E-state index in [4.69, 9.17) is 0 Å². The van der Waals surface area contributed by atoms with Crippen LogP contribution in [0.2, 0.25) is 0 Å². The largest absolute Gasteiger partial charge is 0.508 e. The Hall–Kier alpha value is -1.07. The maximum Gasteiger partial charge on any atom is 0.148 e. The highest BCUT2D eigenvalue weighted by Crippen LogP contribution is 2.40. The minimum Gasteiger partial charge on any atom is -0.508 e. The van der Waals surface area contributed by atoms with Gasteiger partial charge in [0.05, 0.1) is 0 Å². The van der Waals surface area contributed by atoms with Crippen molar-refractivity contribution in [3.8, 4) is 11.5 Å². The maximum atomic E-state index is 11.2. The van der Waals surface area contributed by atoms with Gasteiger partial charge in [0, 0.05) is 33.3 Å². The van der Waals surface area contributed by atoms with Crippen molar-refractivity contribution >= 4 is 29.8 Å². The molecule has 1 aromatic carbocycles. The lowest BCUT2D eigenvalue weighted by Gasteiger charge is -2.11. The van der Waals surface area contributed by atoms with E-state index in [1.807, 2.05) is 0 Å². The van der Waals surface area contributed by atoms with Crippen LogP contribution < -0.4 is 0 Å². The zero-order valence-electron chi connectivity index (χ0n) is 9.97. The molecular weight excluding hydrogens is 268 g/mol. The van der Waals surface area contributed by atoms with Crippen molar-refractivity contribution in [2.45, 2.75) is 13.3 Å². The summed E-state index contributed by atoms with van der Waals surface area (Å²) in [6, 6.07) is 2.92. The Balaban J connectivity index is 2.36. The van der Waals surface area contributed by atoms with E-state index in [0.29, 0.717) is 23.1 Å². The van der Waals surface area contributed by atoms with E-state index >= 15 is 0 Å². The molecule has 3 nitrogen and oxygen atoms in total. The molecule has 1 heterocycles. The Kier molecular flexibility index (Phi) is 4.24. The second-order valence-electron chi connectivity index (χ2n) is 4.01. The molecule has 0 radical (unpaired) electrons.